The molecule has 0 saturated heterocycles. The number of ether oxygens (including phenoxy) is 1. The van der Waals surface area contributed by atoms with Crippen LogP contribution in [0.3, 0.4) is 0 Å². The monoisotopic (exact) mass is 362 g/mol. The Kier molecular flexibility index (Phi) is 3.97. The molecule has 24 heavy (non-hydrogen) atoms. The Morgan fingerprint density at radius 1 is 1.46 bits per heavy atom. The molecule has 4 rings (SSSR count). The van der Waals surface area contributed by atoms with Crippen LogP contribution in [0.1, 0.15) is 40.0 Å². The van der Waals surface area contributed by atoms with Gasteiger partial charge < -0.3 is 4.74 Å². The molecule has 6 nitrogen and oxygen atoms in total. The van der Waals surface area contributed by atoms with Gasteiger partial charge in [-0.1, -0.05) is 18.5 Å². The molecule has 0 aliphatic heterocycles. The molecule has 1 atom stereocenters. The largest absolute Gasteiger partial charge is 0.454 e. The number of carbonyl (C=O) groups excluding carboxylic acids is 1. The summed E-state index contributed by atoms with van der Waals surface area (Å²) in [6.45, 7) is 2.25. The van der Waals surface area contributed by atoms with Gasteiger partial charge in [0.05, 0.1) is 5.56 Å². The molecule has 1 aliphatic carbocycles. The smallest absolute Gasteiger partial charge is 0.339 e. The molecule has 1 aliphatic rings. The normalized spacial score (nSPS) is 17.0. The standard InChI is InChI=1S/C16H15ClN4O2S/c1-9-2-3-10-11(8-24-12(10)6-9)16(22)23-7-15-19-18-14-5-4-13(17)20-21(14)15/h4-5,8-9H,2-3,6-7H2,1H3. The van der Waals surface area contributed by atoms with Crippen LogP contribution in [0.2, 0.25) is 5.15 Å². The highest BCUT2D eigenvalue weighted by Crippen LogP contribution is 2.33. The second-order valence-corrected chi connectivity index (χ2v) is 7.37. The number of rotatable bonds is 3. The number of hydrogen-bond acceptors (Lipinski definition) is 6. The Bertz CT molecular complexity index is 920. The van der Waals surface area contributed by atoms with Crippen molar-refractivity contribution in [3.05, 3.63) is 44.5 Å². The van der Waals surface area contributed by atoms with E-state index in [0.29, 0.717) is 28.1 Å². The molecule has 3 aromatic heterocycles. The minimum absolute atomic E-state index is 0.00830. The summed E-state index contributed by atoms with van der Waals surface area (Å²) in [7, 11) is 0. The van der Waals surface area contributed by atoms with Crippen LogP contribution in [0.5, 0.6) is 0 Å². The summed E-state index contributed by atoms with van der Waals surface area (Å²) in [5.74, 6) is 0.803. The second-order valence-electron chi connectivity index (χ2n) is 6.02. The maximum absolute atomic E-state index is 12.4. The zero-order valence-electron chi connectivity index (χ0n) is 13.0. The number of aromatic nitrogens is 4. The third kappa shape index (κ3) is 2.78. The SMILES string of the molecule is CC1CCc2c(C(=O)OCc3nnc4ccc(Cl)nn34)csc2C1. The lowest BCUT2D eigenvalue weighted by Gasteiger charge is -2.18. The zero-order valence-corrected chi connectivity index (χ0v) is 14.6. The number of thiophene rings is 1. The fourth-order valence-corrected chi connectivity index (χ4v) is 4.33. The van der Waals surface area contributed by atoms with Crippen LogP contribution in [-0.2, 0) is 24.2 Å². The summed E-state index contributed by atoms with van der Waals surface area (Å²) >= 11 is 7.54. The van der Waals surface area contributed by atoms with Crippen molar-refractivity contribution in [3.8, 4) is 0 Å². The number of nitrogens with zero attached hydrogens (tertiary/aromatic N) is 4. The second kappa shape index (κ2) is 6.14. The molecular formula is C16H15ClN4O2S. The van der Waals surface area contributed by atoms with E-state index in [0.717, 1.165) is 24.8 Å². The van der Waals surface area contributed by atoms with Crippen LogP contribution in [0.4, 0.5) is 0 Å². The van der Waals surface area contributed by atoms with Crippen LogP contribution in [0.25, 0.3) is 5.65 Å². The lowest BCUT2D eigenvalue weighted by molar-refractivity contribution is 0.0459. The first-order valence-corrected chi connectivity index (χ1v) is 9.01. The lowest BCUT2D eigenvalue weighted by Crippen LogP contribution is -2.14. The Morgan fingerprint density at radius 3 is 3.21 bits per heavy atom. The number of fused-ring (bicyclic) bond motifs is 2. The van der Waals surface area contributed by atoms with E-state index in [-0.39, 0.29) is 12.6 Å². The van der Waals surface area contributed by atoms with Crippen molar-refractivity contribution in [2.45, 2.75) is 32.8 Å². The number of hydrogen-bond donors (Lipinski definition) is 0. The summed E-state index contributed by atoms with van der Waals surface area (Å²) in [6, 6.07) is 3.35. The van der Waals surface area contributed by atoms with Gasteiger partial charge in [-0.15, -0.1) is 21.5 Å². The van der Waals surface area contributed by atoms with E-state index in [2.05, 4.69) is 22.2 Å². The Hall–Kier alpha value is -1.99. The van der Waals surface area contributed by atoms with E-state index in [9.17, 15) is 4.79 Å². The van der Waals surface area contributed by atoms with E-state index < -0.39 is 0 Å². The quantitative estimate of drug-likeness (QED) is 0.668. The maximum atomic E-state index is 12.4. The van der Waals surface area contributed by atoms with Crippen LogP contribution in [-0.4, -0.2) is 25.8 Å². The average molecular weight is 363 g/mol. The van der Waals surface area contributed by atoms with Gasteiger partial charge in [0.2, 0.25) is 0 Å². The fourth-order valence-electron chi connectivity index (χ4n) is 2.96. The number of carbonyl (C=O) groups is 1. The summed E-state index contributed by atoms with van der Waals surface area (Å²) in [6.07, 6.45) is 3.10. The van der Waals surface area contributed by atoms with E-state index in [1.54, 1.807) is 23.5 Å². The third-order valence-corrected chi connectivity index (χ3v) is 5.50. The third-order valence-electron chi connectivity index (χ3n) is 4.25. The van der Waals surface area contributed by atoms with Crippen molar-refractivity contribution >= 4 is 34.6 Å². The maximum Gasteiger partial charge on any atom is 0.339 e. The predicted octanol–water partition coefficient (Wildman–Crippen LogP) is 3.32. The molecule has 1 unspecified atom stereocenters. The summed E-state index contributed by atoms with van der Waals surface area (Å²) in [4.78, 5) is 13.7. The van der Waals surface area contributed by atoms with E-state index >= 15 is 0 Å². The van der Waals surface area contributed by atoms with Gasteiger partial charge in [0.25, 0.3) is 0 Å². The molecule has 0 saturated carbocycles. The minimum atomic E-state index is -0.319. The van der Waals surface area contributed by atoms with E-state index in [1.807, 2.05) is 5.38 Å². The first-order chi connectivity index (χ1) is 11.6. The highest BCUT2D eigenvalue weighted by atomic mass is 35.5. The topological polar surface area (TPSA) is 69.4 Å². The Morgan fingerprint density at radius 2 is 2.33 bits per heavy atom. The van der Waals surface area contributed by atoms with Gasteiger partial charge in [-0.2, -0.15) is 9.61 Å². The zero-order chi connectivity index (χ0) is 16.7. The van der Waals surface area contributed by atoms with Gasteiger partial charge in [0.15, 0.2) is 18.1 Å². The average Bonchev–Trinajstić information content (AvgIpc) is 3.15. The van der Waals surface area contributed by atoms with Crippen molar-refractivity contribution in [2.75, 3.05) is 0 Å². The van der Waals surface area contributed by atoms with E-state index in [1.165, 1.54) is 9.39 Å². The molecule has 0 N–H and O–H groups in total. The van der Waals surface area contributed by atoms with Crippen molar-refractivity contribution in [1.82, 2.24) is 19.8 Å². The van der Waals surface area contributed by atoms with Crippen molar-refractivity contribution < 1.29 is 9.53 Å². The number of esters is 1. The first kappa shape index (κ1) is 15.5. The molecule has 0 fully saturated rings. The molecule has 0 amide bonds. The molecule has 8 heteroatoms. The molecule has 0 aromatic carbocycles. The number of halogens is 1. The van der Waals surface area contributed by atoms with Gasteiger partial charge in [-0.3, -0.25) is 0 Å². The van der Waals surface area contributed by atoms with Gasteiger partial charge in [0.1, 0.15) is 5.15 Å². The highest BCUT2D eigenvalue weighted by Gasteiger charge is 2.24. The van der Waals surface area contributed by atoms with Crippen molar-refractivity contribution in [2.24, 2.45) is 5.92 Å². The van der Waals surface area contributed by atoms with Gasteiger partial charge >= 0.3 is 5.97 Å². The van der Waals surface area contributed by atoms with Crippen LogP contribution in [0, 0.1) is 5.92 Å². The molecular weight excluding hydrogens is 348 g/mol. The molecule has 3 heterocycles. The molecule has 0 bridgehead atoms. The Labute approximate surface area is 147 Å². The predicted molar refractivity (Wildman–Crippen MR) is 90.4 cm³/mol. The first-order valence-electron chi connectivity index (χ1n) is 7.75. The summed E-state index contributed by atoms with van der Waals surface area (Å²) in [5, 5.41) is 14.3. The van der Waals surface area contributed by atoms with Crippen LogP contribution >= 0.6 is 22.9 Å². The van der Waals surface area contributed by atoms with Gasteiger partial charge in [0, 0.05) is 10.3 Å². The highest BCUT2D eigenvalue weighted by molar-refractivity contribution is 7.10. The van der Waals surface area contributed by atoms with Gasteiger partial charge in [-0.25, -0.2) is 4.79 Å². The molecule has 124 valence electrons. The van der Waals surface area contributed by atoms with Crippen LogP contribution in [0.15, 0.2) is 17.5 Å². The van der Waals surface area contributed by atoms with Crippen LogP contribution < -0.4 is 0 Å². The van der Waals surface area contributed by atoms with E-state index in [4.69, 9.17) is 16.3 Å². The molecule has 0 spiro atoms. The molecule has 3 aromatic rings. The summed E-state index contributed by atoms with van der Waals surface area (Å²) < 4.78 is 6.92. The lowest BCUT2D eigenvalue weighted by atomic mass is 9.88. The summed E-state index contributed by atoms with van der Waals surface area (Å²) in [5.41, 5.74) is 2.39. The van der Waals surface area contributed by atoms with Gasteiger partial charge in [-0.05, 0) is 42.9 Å². The Balaban J connectivity index is 1.52. The minimum Gasteiger partial charge on any atom is -0.454 e. The fraction of sp³-hybridized carbons (Fsp3) is 0.375. The van der Waals surface area contributed by atoms with Crippen molar-refractivity contribution in [3.63, 3.8) is 0 Å². The molecule has 0 radical (unpaired) electrons. The van der Waals surface area contributed by atoms with Crippen molar-refractivity contribution in [1.29, 1.82) is 0 Å².